The van der Waals surface area contributed by atoms with Crippen molar-refractivity contribution in [2.45, 2.75) is 18.8 Å². The van der Waals surface area contributed by atoms with Crippen LogP contribution in [0.1, 0.15) is 34.9 Å². The molecule has 4 rings (SSSR count). The van der Waals surface area contributed by atoms with Crippen molar-refractivity contribution < 1.29 is 9.21 Å². The smallest absolute Gasteiger partial charge is 0.289 e. The molecule has 0 spiro atoms. The van der Waals surface area contributed by atoms with Gasteiger partial charge in [0.15, 0.2) is 5.76 Å². The first-order valence-electron chi connectivity index (χ1n) is 8.24. The highest BCUT2D eigenvalue weighted by atomic mass is 35.5. The van der Waals surface area contributed by atoms with Crippen molar-refractivity contribution in [1.29, 1.82) is 0 Å². The van der Waals surface area contributed by atoms with Crippen LogP contribution in [0.25, 0.3) is 11.0 Å². The van der Waals surface area contributed by atoms with Crippen molar-refractivity contribution in [2.75, 3.05) is 13.1 Å². The molecule has 3 aromatic rings. The molecule has 24 heavy (non-hydrogen) atoms. The van der Waals surface area contributed by atoms with Crippen LogP contribution in [0.4, 0.5) is 0 Å². The van der Waals surface area contributed by atoms with Gasteiger partial charge in [-0.05, 0) is 48.6 Å². The SMILES string of the molecule is O=C(c1cc2cc(Cl)ccc2o1)N1CCC(c2ccccc2)CC1. The Balaban J connectivity index is 1.47. The molecule has 2 aromatic carbocycles. The summed E-state index contributed by atoms with van der Waals surface area (Å²) in [6.07, 6.45) is 1.98. The lowest BCUT2D eigenvalue weighted by Crippen LogP contribution is -2.37. The lowest BCUT2D eigenvalue weighted by atomic mass is 9.89. The minimum Gasteiger partial charge on any atom is -0.451 e. The normalized spacial score (nSPS) is 15.8. The van der Waals surface area contributed by atoms with Gasteiger partial charge in [0, 0.05) is 23.5 Å². The Bertz CT molecular complexity index is 864. The monoisotopic (exact) mass is 339 g/mol. The van der Waals surface area contributed by atoms with Crippen molar-refractivity contribution in [1.82, 2.24) is 4.90 Å². The van der Waals surface area contributed by atoms with Crippen LogP contribution < -0.4 is 0 Å². The summed E-state index contributed by atoms with van der Waals surface area (Å²) in [5.74, 6) is 0.893. The van der Waals surface area contributed by atoms with Crippen molar-refractivity contribution in [3.63, 3.8) is 0 Å². The fourth-order valence-electron chi connectivity index (χ4n) is 3.42. The third kappa shape index (κ3) is 2.92. The van der Waals surface area contributed by atoms with Crippen molar-refractivity contribution in [2.24, 2.45) is 0 Å². The summed E-state index contributed by atoms with van der Waals surface area (Å²) < 4.78 is 5.70. The fourth-order valence-corrected chi connectivity index (χ4v) is 3.60. The first kappa shape index (κ1) is 15.3. The molecule has 1 aromatic heterocycles. The maximum atomic E-state index is 12.7. The molecule has 1 saturated heterocycles. The number of piperidine rings is 1. The van der Waals surface area contributed by atoms with E-state index in [2.05, 4.69) is 24.3 Å². The molecule has 1 aliphatic heterocycles. The van der Waals surface area contributed by atoms with Crippen molar-refractivity contribution in [3.8, 4) is 0 Å². The van der Waals surface area contributed by atoms with Crippen LogP contribution in [0, 0.1) is 0 Å². The minimum atomic E-state index is -0.0335. The molecule has 1 amide bonds. The highest BCUT2D eigenvalue weighted by molar-refractivity contribution is 6.31. The Morgan fingerprint density at radius 2 is 1.79 bits per heavy atom. The van der Waals surface area contributed by atoms with Gasteiger partial charge in [0.2, 0.25) is 0 Å². The number of hydrogen-bond acceptors (Lipinski definition) is 2. The summed E-state index contributed by atoms with van der Waals surface area (Å²) in [6, 6.07) is 17.7. The van der Waals surface area contributed by atoms with E-state index in [0.717, 1.165) is 31.3 Å². The van der Waals surface area contributed by atoms with E-state index in [-0.39, 0.29) is 5.91 Å². The number of benzene rings is 2. The van der Waals surface area contributed by atoms with Crippen LogP contribution in [0.5, 0.6) is 0 Å². The molecule has 0 saturated carbocycles. The second-order valence-corrected chi connectivity index (χ2v) is 6.71. The van der Waals surface area contributed by atoms with E-state index >= 15 is 0 Å². The van der Waals surface area contributed by atoms with Crippen LogP contribution in [-0.2, 0) is 0 Å². The minimum absolute atomic E-state index is 0.0335. The molecule has 4 heteroatoms. The third-order valence-electron chi connectivity index (χ3n) is 4.74. The number of rotatable bonds is 2. The van der Waals surface area contributed by atoms with Gasteiger partial charge in [-0.3, -0.25) is 4.79 Å². The van der Waals surface area contributed by atoms with Crippen LogP contribution in [0.15, 0.2) is 59.0 Å². The van der Waals surface area contributed by atoms with E-state index in [1.807, 2.05) is 17.0 Å². The molecule has 0 N–H and O–H groups in total. The quantitative estimate of drug-likeness (QED) is 0.650. The zero-order valence-corrected chi connectivity index (χ0v) is 14.0. The Morgan fingerprint density at radius 1 is 1.04 bits per heavy atom. The lowest BCUT2D eigenvalue weighted by molar-refractivity contribution is 0.0683. The third-order valence-corrected chi connectivity index (χ3v) is 4.98. The molecule has 0 radical (unpaired) electrons. The lowest BCUT2D eigenvalue weighted by Gasteiger charge is -2.31. The fraction of sp³-hybridized carbons (Fsp3) is 0.250. The van der Waals surface area contributed by atoms with Gasteiger partial charge < -0.3 is 9.32 Å². The molecule has 1 fully saturated rings. The average Bonchev–Trinajstić information content (AvgIpc) is 3.05. The summed E-state index contributed by atoms with van der Waals surface area (Å²) in [7, 11) is 0. The molecule has 1 aliphatic rings. The number of furan rings is 1. The molecule has 2 heterocycles. The second kappa shape index (κ2) is 6.33. The van der Waals surface area contributed by atoms with Crippen LogP contribution in [-0.4, -0.2) is 23.9 Å². The molecule has 122 valence electrons. The van der Waals surface area contributed by atoms with Gasteiger partial charge in [-0.2, -0.15) is 0 Å². The number of halogens is 1. The van der Waals surface area contributed by atoms with Crippen LogP contribution in [0.2, 0.25) is 5.02 Å². The van der Waals surface area contributed by atoms with E-state index in [0.29, 0.717) is 22.3 Å². The standard InChI is InChI=1S/C20H18ClNO2/c21-17-6-7-18-16(12-17)13-19(24-18)20(23)22-10-8-15(9-11-22)14-4-2-1-3-5-14/h1-7,12-13,15H,8-11H2. The first-order valence-corrected chi connectivity index (χ1v) is 8.62. The van der Waals surface area contributed by atoms with Crippen LogP contribution >= 0.6 is 11.6 Å². The maximum Gasteiger partial charge on any atom is 0.289 e. The Labute approximate surface area is 145 Å². The van der Waals surface area contributed by atoms with Gasteiger partial charge in [0.1, 0.15) is 5.58 Å². The molecule has 0 unspecified atom stereocenters. The summed E-state index contributed by atoms with van der Waals surface area (Å²) in [6.45, 7) is 1.52. The zero-order chi connectivity index (χ0) is 16.5. The van der Waals surface area contributed by atoms with E-state index < -0.39 is 0 Å². The molecule has 0 aliphatic carbocycles. The predicted molar refractivity (Wildman–Crippen MR) is 95.5 cm³/mol. The summed E-state index contributed by atoms with van der Waals surface area (Å²) in [5.41, 5.74) is 2.06. The first-order chi connectivity index (χ1) is 11.7. The van der Waals surface area contributed by atoms with Gasteiger partial charge in [-0.25, -0.2) is 0 Å². The zero-order valence-electron chi connectivity index (χ0n) is 13.2. The molecule has 3 nitrogen and oxygen atoms in total. The largest absolute Gasteiger partial charge is 0.451 e. The number of likely N-dealkylation sites (tertiary alicyclic amines) is 1. The van der Waals surface area contributed by atoms with E-state index in [9.17, 15) is 4.79 Å². The predicted octanol–water partition coefficient (Wildman–Crippen LogP) is 5.11. The summed E-state index contributed by atoms with van der Waals surface area (Å²) >= 11 is 5.99. The number of amides is 1. The highest BCUT2D eigenvalue weighted by Crippen LogP contribution is 2.29. The van der Waals surface area contributed by atoms with Gasteiger partial charge in [0.25, 0.3) is 5.91 Å². The number of nitrogens with zero attached hydrogens (tertiary/aromatic N) is 1. The summed E-state index contributed by atoms with van der Waals surface area (Å²) in [5, 5.41) is 1.51. The van der Waals surface area contributed by atoms with E-state index in [1.54, 1.807) is 18.2 Å². The molecular formula is C20H18ClNO2. The highest BCUT2D eigenvalue weighted by Gasteiger charge is 2.26. The van der Waals surface area contributed by atoms with E-state index in [1.165, 1.54) is 5.56 Å². The Morgan fingerprint density at radius 3 is 2.54 bits per heavy atom. The number of fused-ring (bicyclic) bond motifs is 1. The Kier molecular flexibility index (Phi) is 4.03. The topological polar surface area (TPSA) is 33.5 Å². The van der Waals surface area contributed by atoms with Gasteiger partial charge in [-0.1, -0.05) is 41.9 Å². The Hall–Kier alpha value is -2.26. The number of carbonyl (C=O) groups is 1. The van der Waals surface area contributed by atoms with Gasteiger partial charge in [0.05, 0.1) is 0 Å². The van der Waals surface area contributed by atoms with Crippen molar-refractivity contribution >= 4 is 28.5 Å². The molecular weight excluding hydrogens is 322 g/mol. The average molecular weight is 340 g/mol. The number of hydrogen-bond donors (Lipinski definition) is 0. The van der Waals surface area contributed by atoms with Gasteiger partial charge >= 0.3 is 0 Å². The number of carbonyl (C=O) groups excluding carboxylic acids is 1. The molecule has 0 atom stereocenters. The summed E-state index contributed by atoms with van der Waals surface area (Å²) in [4.78, 5) is 14.6. The van der Waals surface area contributed by atoms with Gasteiger partial charge in [-0.15, -0.1) is 0 Å². The van der Waals surface area contributed by atoms with E-state index in [4.69, 9.17) is 16.0 Å². The maximum absolute atomic E-state index is 12.7. The van der Waals surface area contributed by atoms with Crippen molar-refractivity contribution in [3.05, 3.63) is 70.9 Å². The van der Waals surface area contributed by atoms with Crippen LogP contribution in [0.3, 0.4) is 0 Å². The second-order valence-electron chi connectivity index (χ2n) is 6.27. The molecule has 0 bridgehead atoms.